The quantitative estimate of drug-likeness (QED) is 0.910. The van der Waals surface area contributed by atoms with E-state index in [1.165, 1.54) is 31.4 Å². The van der Waals surface area contributed by atoms with Gasteiger partial charge in [0, 0.05) is 36.3 Å². The lowest BCUT2D eigenvalue weighted by atomic mass is 10.1. The van der Waals surface area contributed by atoms with E-state index in [2.05, 4.69) is 10.2 Å². The molecule has 0 radical (unpaired) electrons. The van der Waals surface area contributed by atoms with Gasteiger partial charge in [0.05, 0.1) is 4.90 Å². The molecule has 0 spiro atoms. The molecule has 2 aromatic carbocycles. The van der Waals surface area contributed by atoms with Crippen LogP contribution in [0.1, 0.15) is 29.6 Å². The highest BCUT2D eigenvalue weighted by Crippen LogP contribution is 2.23. The van der Waals surface area contributed by atoms with Gasteiger partial charge in [-0.05, 0) is 55.7 Å². The Bertz CT molecular complexity index is 872. The van der Waals surface area contributed by atoms with Gasteiger partial charge in [0.1, 0.15) is 0 Å². The molecule has 1 saturated heterocycles. The number of nitrogens with one attached hydrogen (secondary N) is 1. The molecule has 0 aliphatic carbocycles. The van der Waals surface area contributed by atoms with Crippen LogP contribution in [0, 0.1) is 0 Å². The van der Waals surface area contributed by atoms with Crippen molar-refractivity contribution in [1.82, 2.24) is 0 Å². The van der Waals surface area contributed by atoms with Crippen LogP contribution in [-0.4, -0.2) is 33.7 Å². The summed E-state index contributed by atoms with van der Waals surface area (Å²) in [6.07, 6.45) is 4.78. The number of carbonyl (C=O) groups is 1. The zero-order valence-corrected chi connectivity index (χ0v) is 15.1. The summed E-state index contributed by atoms with van der Waals surface area (Å²) in [5.74, 6) is -0.318. The van der Waals surface area contributed by atoms with Crippen molar-refractivity contribution in [2.75, 3.05) is 29.6 Å². The normalized spacial score (nSPS) is 15.0. The van der Waals surface area contributed by atoms with Crippen LogP contribution in [0.25, 0.3) is 0 Å². The largest absolute Gasteiger partial charge is 0.371 e. The summed E-state index contributed by atoms with van der Waals surface area (Å²) in [5, 5.41) is 2.86. The molecule has 6 heteroatoms. The van der Waals surface area contributed by atoms with E-state index in [1.807, 2.05) is 24.3 Å². The summed E-state index contributed by atoms with van der Waals surface area (Å²) in [6, 6.07) is 13.9. The van der Waals surface area contributed by atoms with E-state index >= 15 is 0 Å². The summed E-state index contributed by atoms with van der Waals surface area (Å²) in [7, 11) is -3.34. The van der Waals surface area contributed by atoms with E-state index in [4.69, 9.17) is 0 Å². The molecule has 0 atom stereocenters. The van der Waals surface area contributed by atoms with Crippen molar-refractivity contribution in [3.63, 3.8) is 0 Å². The van der Waals surface area contributed by atoms with E-state index in [0.717, 1.165) is 25.0 Å². The van der Waals surface area contributed by atoms with Gasteiger partial charge in [0.25, 0.3) is 5.91 Å². The second-order valence-electron chi connectivity index (χ2n) is 6.35. The minimum Gasteiger partial charge on any atom is -0.371 e. The van der Waals surface area contributed by atoms with E-state index < -0.39 is 9.84 Å². The van der Waals surface area contributed by atoms with Gasteiger partial charge >= 0.3 is 0 Å². The number of piperidine rings is 1. The van der Waals surface area contributed by atoms with E-state index in [-0.39, 0.29) is 10.8 Å². The van der Waals surface area contributed by atoms with Gasteiger partial charge in [0.15, 0.2) is 9.84 Å². The number of amides is 1. The van der Waals surface area contributed by atoms with Crippen LogP contribution in [0.3, 0.4) is 0 Å². The van der Waals surface area contributed by atoms with Gasteiger partial charge in [-0.3, -0.25) is 4.79 Å². The fourth-order valence-corrected chi connectivity index (χ4v) is 3.67. The third-order valence-corrected chi connectivity index (χ3v) is 5.46. The summed E-state index contributed by atoms with van der Waals surface area (Å²) >= 11 is 0. The molecule has 132 valence electrons. The summed E-state index contributed by atoms with van der Waals surface area (Å²) in [5.41, 5.74) is 2.13. The van der Waals surface area contributed by atoms with Crippen LogP contribution in [0.2, 0.25) is 0 Å². The molecule has 1 aliphatic rings. The topological polar surface area (TPSA) is 66.5 Å². The average Bonchev–Trinajstić information content (AvgIpc) is 2.62. The molecule has 0 unspecified atom stereocenters. The van der Waals surface area contributed by atoms with E-state index in [1.54, 1.807) is 12.1 Å². The smallest absolute Gasteiger partial charge is 0.255 e. The predicted octanol–water partition coefficient (Wildman–Crippen LogP) is 3.33. The van der Waals surface area contributed by atoms with Crippen LogP contribution in [0.5, 0.6) is 0 Å². The Morgan fingerprint density at radius 3 is 2.44 bits per heavy atom. The Morgan fingerprint density at radius 1 is 1.00 bits per heavy atom. The molecule has 0 aromatic heterocycles. The monoisotopic (exact) mass is 358 g/mol. The Kier molecular flexibility index (Phi) is 5.08. The van der Waals surface area contributed by atoms with Crippen LogP contribution < -0.4 is 10.2 Å². The Hall–Kier alpha value is -2.34. The van der Waals surface area contributed by atoms with Crippen LogP contribution in [-0.2, 0) is 9.84 Å². The minimum atomic E-state index is -3.34. The van der Waals surface area contributed by atoms with Crippen molar-refractivity contribution in [3.8, 4) is 0 Å². The molecule has 2 aromatic rings. The second-order valence-corrected chi connectivity index (χ2v) is 8.37. The van der Waals surface area contributed by atoms with Gasteiger partial charge in [-0.15, -0.1) is 0 Å². The molecule has 0 saturated carbocycles. The Balaban J connectivity index is 1.77. The third-order valence-electron chi connectivity index (χ3n) is 4.35. The molecule has 1 amide bonds. The molecule has 0 bridgehead atoms. The molecule has 25 heavy (non-hydrogen) atoms. The standard InChI is InChI=1S/C19H22N2O3S/c1-25(23,24)18-10-5-7-15(13-18)19(22)20-16-8-6-9-17(14-16)21-11-3-2-4-12-21/h5-10,13-14H,2-4,11-12H2,1H3,(H,20,22). The molecular formula is C19H22N2O3S. The molecule has 3 rings (SSSR count). The maximum absolute atomic E-state index is 12.5. The summed E-state index contributed by atoms with van der Waals surface area (Å²) in [6.45, 7) is 2.07. The molecule has 5 nitrogen and oxygen atoms in total. The van der Waals surface area contributed by atoms with Crippen molar-refractivity contribution < 1.29 is 13.2 Å². The molecule has 1 N–H and O–H groups in total. The van der Waals surface area contributed by atoms with E-state index in [0.29, 0.717) is 11.3 Å². The van der Waals surface area contributed by atoms with Crippen LogP contribution in [0.15, 0.2) is 53.4 Å². The van der Waals surface area contributed by atoms with Gasteiger partial charge in [0.2, 0.25) is 0 Å². The maximum atomic E-state index is 12.5. The maximum Gasteiger partial charge on any atom is 0.255 e. The molecule has 1 fully saturated rings. The van der Waals surface area contributed by atoms with Crippen molar-refractivity contribution in [2.24, 2.45) is 0 Å². The zero-order valence-electron chi connectivity index (χ0n) is 14.2. The first-order chi connectivity index (χ1) is 11.9. The second kappa shape index (κ2) is 7.27. The highest BCUT2D eigenvalue weighted by Gasteiger charge is 2.14. The van der Waals surface area contributed by atoms with Gasteiger partial charge in [-0.1, -0.05) is 12.1 Å². The van der Waals surface area contributed by atoms with Gasteiger partial charge < -0.3 is 10.2 Å². The number of nitrogens with zero attached hydrogens (tertiary/aromatic N) is 1. The van der Waals surface area contributed by atoms with Crippen LogP contribution in [0.4, 0.5) is 11.4 Å². The first-order valence-corrected chi connectivity index (χ1v) is 10.3. The predicted molar refractivity (Wildman–Crippen MR) is 100 cm³/mol. The number of hydrogen-bond donors (Lipinski definition) is 1. The summed E-state index contributed by atoms with van der Waals surface area (Å²) in [4.78, 5) is 14.9. The lowest BCUT2D eigenvalue weighted by Gasteiger charge is -2.29. The third kappa shape index (κ3) is 4.39. The zero-order chi connectivity index (χ0) is 17.9. The highest BCUT2D eigenvalue weighted by atomic mass is 32.2. The molecule has 1 aliphatic heterocycles. The minimum absolute atomic E-state index is 0.141. The number of hydrogen-bond acceptors (Lipinski definition) is 4. The number of sulfone groups is 1. The SMILES string of the molecule is CS(=O)(=O)c1cccc(C(=O)Nc2cccc(N3CCCCC3)c2)c1. The van der Waals surface area contributed by atoms with E-state index in [9.17, 15) is 13.2 Å². The fraction of sp³-hybridized carbons (Fsp3) is 0.316. The first kappa shape index (κ1) is 17.5. The van der Waals surface area contributed by atoms with Gasteiger partial charge in [-0.25, -0.2) is 8.42 Å². The lowest BCUT2D eigenvalue weighted by molar-refractivity contribution is 0.102. The van der Waals surface area contributed by atoms with Crippen LogP contribution >= 0.6 is 0 Å². The molecular weight excluding hydrogens is 336 g/mol. The number of anilines is 2. The number of carbonyl (C=O) groups excluding carboxylic acids is 1. The van der Waals surface area contributed by atoms with Gasteiger partial charge in [-0.2, -0.15) is 0 Å². The Morgan fingerprint density at radius 2 is 1.72 bits per heavy atom. The first-order valence-electron chi connectivity index (χ1n) is 8.40. The molecule has 1 heterocycles. The number of rotatable bonds is 4. The lowest BCUT2D eigenvalue weighted by Crippen LogP contribution is -2.29. The Labute approximate surface area is 148 Å². The summed E-state index contributed by atoms with van der Waals surface area (Å²) < 4.78 is 23.3. The number of benzene rings is 2. The average molecular weight is 358 g/mol. The van der Waals surface area contributed by atoms with Crippen molar-refractivity contribution in [3.05, 3.63) is 54.1 Å². The van der Waals surface area contributed by atoms with Crippen molar-refractivity contribution in [2.45, 2.75) is 24.2 Å². The van der Waals surface area contributed by atoms with Crippen molar-refractivity contribution >= 4 is 27.1 Å². The van der Waals surface area contributed by atoms with Crippen molar-refractivity contribution in [1.29, 1.82) is 0 Å². The fourth-order valence-electron chi connectivity index (χ4n) is 3.00. The highest BCUT2D eigenvalue weighted by molar-refractivity contribution is 7.90.